The van der Waals surface area contributed by atoms with Crippen LogP contribution in [-0.4, -0.2) is 16.1 Å². The zero-order chi connectivity index (χ0) is 10.2. The van der Waals surface area contributed by atoms with Crippen LogP contribution >= 0.6 is 22.9 Å². The SMILES string of the molecule is FC1(F)CCC(c2nnc(Cl)s2)CC1. The van der Waals surface area contributed by atoms with Crippen LogP contribution in [0.25, 0.3) is 0 Å². The van der Waals surface area contributed by atoms with E-state index in [2.05, 4.69) is 10.2 Å². The van der Waals surface area contributed by atoms with Gasteiger partial charge in [-0.25, -0.2) is 8.78 Å². The molecule has 0 spiro atoms. The van der Waals surface area contributed by atoms with Gasteiger partial charge in [0, 0.05) is 18.8 Å². The Morgan fingerprint density at radius 3 is 2.43 bits per heavy atom. The normalized spacial score (nSPS) is 22.5. The Bertz CT molecular complexity index is 319. The van der Waals surface area contributed by atoms with Gasteiger partial charge in [0.05, 0.1) is 0 Å². The monoisotopic (exact) mass is 238 g/mol. The standard InChI is InChI=1S/C8H9ClF2N2S/c9-7-13-12-6(14-7)5-1-3-8(10,11)4-2-5/h5H,1-4H2. The number of alkyl halides is 2. The second-order valence-electron chi connectivity index (χ2n) is 3.52. The Hall–Kier alpha value is -0.290. The van der Waals surface area contributed by atoms with E-state index in [1.807, 2.05) is 0 Å². The Labute approximate surface area is 89.3 Å². The van der Waals surface area contributed by atoms with Gasteiger partial charge in [0.2, 0.25) is 10.4 Å². The first-order valence-corrected chi connectivity index (χ1v) is 5.63. The van der Waals surface area contributed by atoms with Crippen LogP contribution < -0.4 is 0 Å². The fourth-order valence-corrected chi connectivity index (χ4v) is 2.68. The molecule has 0 aromatic carbocycles. The van der Waals surface area contributed by atoms with Gasteiger partial charge >= 0.3 is 0 Å². The minimum Gasteiger partial charge on any atom is -0.207 e. The first-order valence-electron chi connectivity index (χ1n) is 4.43. The first kappa shape index (κ1) is 10.2. The third kappa shape index (κ3) is 2.20. The van der Waals surface area contributed by atoms with Crippen LogP contribution in [0.4, 0.5) is 8.78 Å². The highest BCUT2D eigenvalue weighted by Gasteiger charge is 2.36. The summed E-state index contributed by atoms with van der Waals surface area (Å²) in [5, 5.41) is 8.35. The molecule has 2 rings (SSSR count). The quantitative estimate of drug-likeness (QED) is 0.749. The number of hydrogen-bond acceptors (Lipinski definition) is 3. The second kappa shape index (κ2) is 3.70. The molecule has 1 saturated carbocycles. The van der Waals surface area contributed by atoms with Gasteiger partial charge in [-0.15, -0.1) is 10.2 Å². The van der Waals surface area contributed by atoms with Gasteiger partial charge in [-0.2, -0.15) is 0 Å². The van der Waals surface area contributed by atoms with Crippen molar-refractivity contribution in [3.63, 3.8) is 0 Å². The lowest BCUT2D eigenvalue weighted by molar-refractivity contribution is -0.0382. The van der Waals surface area contributed by atoms with Crippen molar-refractivity contribution in [2.45, 2.75) is 37.5 Å². The summed E-state index contributed by atoms with van der Waals surface area (Å²) in [4.78, 5) is 0. The van der Waals surface area contributed by atoms with Crippen LogP contribution in [-0.2, 0) is 0 Å². The Kier molecular flexibility index (Phi) is 2.70. The van der Waals surface area contributed by atoms with Crippen LogP contribution in [0.2, 0.25) is 4.47 Å². The third-order valence-corrected chi connectivity index (χ3v) is 3.66. The van der Waals surface area contributed by atoms with Gasteiger partial charge in [0.25, 0.3) is 0 Å². The summed E-state index contributed by atoms with van der Waals surface area (Å²) < 4.78 is 26.1. The predicted octanol–water partition coefficient (Wildman–Crippen LogP) is 3.48. The number of halogens is 3. The van der Waals surface area contributed by atoms with E-state index in [0.29, 0.717) is 17.3 Å². The fraction of sp³-hybridized carbons (Fsp3) is 0.750. The maximum absolute atomic E-state index is 12.8. The summed E-state index contributed by atoms with van der Waals surface area (Å²) in [6, 6.07) is 0. The Balaban J connectivity index is 2.02. The molecular weight excluding hydrogens is 230 g/mol. The Morgan fingerprint density at radius 2 is 1.93 bits per heavy atom. The molecule has 2 nitrogen and oxygen atoms in total. The van der Waals surface area contributed by atoms with Crippen molar-refractivity contribution < 1.29 is 8.78 Å². The first-order chi connectivity index (χ1) is 6.57. The molecule has 0 unspecified atom stereocenters. The largest absolute Gasteiger partial charge is 0.248 e. The lowest BCUT2D eigenvalue weighted by atomic mass is 9.87. The minimum atomic E-state index is -2.48. The van der Waals surface area contributed by atoms with Gasteiger partial charge in [-0.05, 0) is 24.4 Å². The minimum absolute atomic E-state index is 0.0468. The molecular formula is C8H9ClF2N2S. The van der Waals surface area contributed by atoms with E-state index in [4.69, 9.17) is 11.6 Å². The molecule has 6 heteroatoms. The van der Waals surface area contributed by atoms with E-state index in [1.165, 1.54) is 11.3 Å². The summed E-state index contributed by atoms with van der Waals surface area (Å²) in [5.41, 5.74) is 0. The lowest BCUT2D eigenvalue weighted by Crippen LogP contribution is -2.23. The summed E-state index contributed by atoms with van der Waals surface area (Å²) >= 11 is 6.93. The van der Waals surface area contributed by atoms with Crippen molar-refractivity contribution in [3.8, 4) is 0 Å². The van der Waals surface area contributed by atoms with E-state index in [-0.39, 0.29) is 18.8 Å². The number of aromatic nitrogens is 2. The van der Waals surface area contributed by atoms with Crippen molar-refractivity contribution in [1.82, 2.24) is 10.2 Å². The van der Waals surface area contributed by atoms with E-state index in [0.717, 1.165) is 5.01 Å². The second-order valence-corrected chi connectivity index (χ2v) is 5.11. The molecule has 14 heavy (non-hydrogen) atoms. The lowest BCUT2D eigenvalue weighted by Gasteiger charge is -2.26. The molecule has 0 radical (unpaired) electrons. The average Bonchev–Trinajstić information content (AvgIpc) is 2.52. The van der Waals surface area contributed by atoms with Crippen molar-refractivity contribution in [2.24, 2.45) is 0 Å². The van der Waals surface area contributed by atoms with E-state index >= 15 is 0 Å². The number of rotatable bonds is 1. The van der Waals surface area contributed by atoms with Gasteiger partial charge in [-0.3, -0.25) is 0 Å². The maximum atomic E-state index is 12.8. The molecule has 1 aliphatic rings. The summed E-state index contributed by atoms with van der Waals surface area (Å²) in [6.45, 7) is 0. The molecule has 1 heterocycles. The van der Waals surface area contributed by atoms with Crippen molar-refractivity contribution in [2.75, 3.05) is 0 Å². The highest BCUT2D eigenvalue weighted by atomic mass is 35.5. The molecule has 1 fully saturated rings. The zero-order valence-electron chi connectivity index (χ0n) is 7.34. The summed E-state index contributed by atoms with van der Waals surface area (Å²) in [7, 11) is 0. The molecule has 1 aromatic rings. The van der Waals surface area contributed by atoms with E-state index in [9.17, 15) is 8.78 Å². The molecule has 0 bridgehead atoms. The molecule has 0 atom stereocenters. The van der Waals surface area contributed by atoms with Gasteiger partial charge in [0.15, 0.2) is 0 Å². The van der Waals surface area contributed by atoms with Crippen LogP contribution in [0, 0.1) is 0 Å². The van der Waals surface area contributed by atoms with Gasteiger partial charge < -0.3 is 0 Å². The molecule has 0 aliphatic heterocycles. The number of nitrogens with zero attached hydrogens (tertiary/aromatic N) is 2. The summed E-state index contributed by atoms with van der Waals surface area (Å²) in [6.07, 6.45) is 0.876. The molecule has 1 aliphatic carbocycles. The maximum Gasteiger partial charge on any atom is 0.248 e. The highest BCUT2D eigenvalue weighted by Crippen LogP contribution is 2.41. The van der Waals surface area contributed by atoms with Crippen LogP contribution in [0.1, 0.15) is 36.6 Å². The molecule has 0 N–H and O–H groups in total. The number of hydrogen-bond donors (Lipinski definition) is 0. The molecule has 1 aromatic heterocycles. The topological polar surface area (TPSA) is 25.8 Å². The van der Waals surface area contributed by atoms with Crippen LogP contribution in [0.3, 0.4) is 0 Å². The van der Waals surface area contributed by atoms with E-state index in [1.54, 1.807) is 0 Å². The van der Waals surface area contributed by atoms with Crippen LogP contribution in [0.15, 0.2) is 0 Å². The average molecular weight is 239 g/mol. The van der Waals surface area contributed by atoms with Gasteiger partial charge in [-0.1, -0.05) is 11.3 Å². The Morgan fingerprint density at radius 1 is 1.29 bits per heavy atom. The molecule has 0 saturated heterocycles. The van der Waals surface area contributed by atoms with Gasteiger partial charge in [0.1, 0.15) is 5.01 Å². The highest BCUT2D eigenvalue weighted by molar-refractivity contribution is 7.15. The fourth-order valence-electron chi connectivity index (χ4n) is 1.67. The smallest absolute Gasteiger partial charge is 0.207 e. The van der Waals surface area contributed by atoms with Crippen molar-refractivity contribution in [3.05, 3.63) is 9.47 Å². The molecule has 78 valence electrons. The third-order valence-electron chi connectivity index (χ3n) is 2.48. The van der Waals surface area contributed by atoms with Crippen LogP contribution in [0.5, 0.6) is 0 Å². The van der Waals surface area contributed by atoms with Crippen molar-refractivity contribution >= 4 is 22.9 Å². The van der Waals surface area contributed by atoms with E-state index < -0.39 is 5.92 Å². The van der Waals surface area contributed by atoms with Crippen molar-refractivity contribution in [1.29, 1.82) is 0 Å². The summed E-state index contributed by atoms with van der Waals surface area (Å²) in [5.74, 6) is -2.36. The molecule has 0 amide bonds. The predicted molar refractivity (Wildman–Crippen MR) is 51.1 cm³/mol. The zero-order valence-corrected chi connectivity index (χ0v) is 8.91.